The number of amides is 1. The van der Waals surface area contributed by atoms with Gasteiger partial charge in [-0.3, -0.25) is 14.6 Å². The summed E-state index contributed by atoms with van der Waals surface area (Å²) in [5.41, 5.74) is -1.75. The molecule has 6 nitrogen and oxygen atoms in total. The predicted molar refractivity (Wildman–Crippen MR) is 92.3 cm³/mol. The summed E-state index contributed by atoms with van der Waals surface area (Å²) in [6, 6.07) is -2.05. The summed E-state index contributed by atoms with van der Waals surface area (Å²) in [6.07, 6.45) is -0.0316. The normalized spacial score (nSPS) is 27.3. The molecule has 0 bridgehead atoms. The third-order valence-corrected chi connectivity index (χ3v) is 5.20. The first-order valence-electron chi connectivity index (χ1n) is 9.02. The molecule has 2 heterocycles. The summed E-state index contributed by atoms with van der Waals surface area (Å²) in [5.74, 6) is -4.01. The van der Waals surface area contributed by atoms with Gasteiger partial charge in [0.1, 0.15) is 5.60 Å². The van der Waals surface area contributed by atoms with Crippen molar-refractivity contribution in [1.82, 2.24) is 9.80 Å². The Hall–Kier alpha value is -1.44. The van der Waals surface area contributed by atoms with Crippen molar-refractivity contribution in [2.24, 2.45) is 5.41 Å². The van der Waals surface area contributed by atoms with Crippen molar-refractivity contribution >= 4 is 12.1 Å². The second kappa shape index (κ2) is 6.62. The number of hydrogen-bond acceptors (Lipinski definition) is 4. The highest BCUT2D eigenvalue weighted by Gasteiger charge is 2.62. The second-order valence-electron chi connectivity index (χ2n) is 9.15. The number of carboxylic acid groups (broad SMARTS) is 1. The van der Waals surface area contributed by atoms with E-state index >= 15 is 0 Å². The maximum Gasteiger partial charge on any atom is 0.410 e. The van der Waals surface area contributed by atoms with Gasteiger partial charge in [0, 0.05) is 12.6 Å². The Morgan fingerprint density at radius 1 is 1.27 bits per heavy atom. The topological polar surface area (TPSA) is 70.1 Å². The van der Waals surface area contributed by atoms with Crippen LogP contribution in [-0.4, -0.2) is 69.7 Å². The molecule has 26 heavy (non-hydrogen) atoms. The van der Waals surface area contributed by atoms with Crippen LogP contribution in [0.4, 0.5) is 13.6 Å². The van der Waals surface area contributed by atoms with Crippen LogP contribution < -0.4 is 0 Å². The highest BCUT2D eigenvalue weighted by Crippen LogP contribution is 2.44. The zero-order valence-electron chi connectivity index (χ0n) is 16.4. The second-order valence-corrected chi connectivity index (χ2v) is 9.15. The third-order valence-electron chi connectivity index (χ3n) is 5.20. The first kappa shape index (κ1) is 20.9. The first-order valence-corrected chi connectivity index (χ1v) is 9.02. The van der Waals surface area contributed by atoms with Gasteiger partial charge in [-0.05, 0) is 54.4 Å². The van der Waals surface area contributed by atoms with E-state index < -0.39 is 47.6 Å². The predicted octanol–water partition coefficient (Wildman–Crippen LogP) is 3.20. The zero-order chi connectivity index (χ0) is 20.1. The van der Waals surface area contributed by atoms with Gasteiger partial charge in [-0.25, -0.2) is 13.6 Å². The van der Waals surface area contributed by atoms with E-state index in [-0.39, 0.29) is 12.5 Å². The Morgan fingerprint density at radius 2 is 1.85 bits per heavy atom. The maximum atomic E-state index is 14.7. The standard InChI is InChI=1S/C18H30F2N2O4/c1-11(9-17(5,6)14(23)24)21-8-7-12-13(21)18(19,20)10-22(12)15(25)26-16(2,3)4/h11-13H,7-10H2,1-6H3,(H,23,24)/t11-,12+,13-/m1/s1. The van der Waals surface area contributed by atoms with Crippen LogP contribution >= 0.6 is 0 Å². The molecular formula is C18H30F2N2O4. The Balaban J connectivity index is 2.17. The van der Waals surface area contributed by atoms with E-state index in [1.807, 2.05) is 0 Å². The number of carbonyl (C=O) groups is 2. The molecule has 2 saturated heterocycles. The molecule has 0 aliphatic carbocycles. The lowest BCUT2D eigenvalue weighted by molar-refractivity contribution is -0.148. The molecule has 150 valence electrons. The number of fused-ring (bicyclic) bond motifs is 1. The minimum absolute atomic E-state index is 0.258. The van der Waals surface area contributed by atoms with Gasteiger partial charge in [0.2, 0.25) is 0 Å². The van der Waals surface area contributed by atoms with Crippen LogP contribution in [-0.2, 0) is 9.53 Å². The number of carboxylic acids is 1. The van der Waals surface area contributed by atoms with Gasteiger partial charge in [-0.1, -0.05) is 0 Å². The van der Waals surface area contributed by atoms with Crippen molar-refractivity contribution in [2.75, 3.05) is 13.1 Å². The van der Waals surface area contributed by atoms with E-state index in [1.54, 1.807) is 46.4 Å². The van der Waals surface area contributed by atoms with Crippen LogP contribution in [0.3, 0.4) is 0 Å². The monoisotopic (exact) mass is 376 g/mol. The van der Waals surface area contributed by atoms with Crippen LogP contribution in [0, 0.1) is 5.41 Å². The van der Waals surface area contributed by atoms with E-state index in [9.17, 15) is 23.5 Å². The Labute approximate surface area is 153 Å². The van der Waals surface area contributed by atoms with Crippen LogP contribution in [0.2, 0.25) is 0 Å². The molecule has 0 aromatic rings. The van der Waals surface area contributed by atoms with E-state index in [1.165, 1.54) is 0 Å². The maximum absolute atomic E-state index is 14.7. The average molecular weight is 376 g/mol. The molecule has 0 unspecified atom stereocenters. The molecule has 0 saturated carbocycles. The highest BCUT2D eigenvalue weighted by atomic mass is 19.3. The number of likely N-dealkylation sites (tertiary alicyclic amines) is 2. The molecule has 0 spiro atoms. The van der Waals surface area contributed by atoms with Gasteiger partial charge >= 0.3 is 12.1 Å². The number of aliphatic carboxylic acids is 1. The summed E-state index contributed by atoms with van der Waals surface area (Å²) in [4.78, 5) is 26.5. The van der Waals surface area contributed by atoms with Crippen LogP contribution in [0.5, 0.6) is 0 Å². The number of nitrogens with zero attached hydrogens (tertiary/aromatic N) is 2. The number of alkyl halides is 2. The summed E-state index contributed by atoms with van der Waals surface area (Å²) in [5, 5.41) is 9.31. The zero-order valence-corrected chi connectivity index (χ0v) is 16.4. The van der Waals surface area contributed by atoms with Crippen molar-refractivity contribution in [1.29, 1.82) is 0 Å². The van der Waals surface area contributed by atoms with Crippen molar-refractivity contribution in [2.45, 2.75) is 84.0 Å². The molecule has 1 amide bonds. The molecule has 8 heteroatoms. The molecule has 0 radical (unpaired) electrons. The van der Waals surface area contributed by atoms with Crippen molar-refractivity contribution < 1.29 is 28.2 Å². The molecule has 2 aliphatic heterocycles. The number of ether oxygens (including phenoxy) is 1. The van der Waals surface area contributed by atoms with Gasteiger partial charge < -0.3 is 9.84 Å². The van der Waals surface area contributed by atoms with Crippen molar-refractivity contribution in [3.05, 3.63) is 0 Å². The lowest BCUT2D eigenvalue weighted by Crippen LogP contribution is -2.50. The van der Waals surface area contributed by atoms with Crippen LogP contribution in [0.1, 0.15) is 54.4 Å². The molecule has 1 N–H and O–H groups in total. The summed E-state index contributed by atoms with van der Waals surface area (Å²) in [6.45, 7) is 9.82. The summed E-state index contributed by atoms with van der Waals surface area (Å²) in [7, 11) is 0. The minimum Gasteiger partial charge on any atom is -0.481 e. The Bertz CT molecular complexity index is 574. The molecule has 2 fully saturated rings. The molecule has 2 rings (SSSR count). The van der Waals surface area contributed by atoms with Crippen LogP contribution in [0.25, 0.3) is 0 Å². The molecule has 2 aliphatic rings. The Kier molecular flexibility index (Phi) is 5.31. The SMILES string of the molecule is C[C@H](CC(C)(C)C(=O)O)N1CC[C@H]2[C@@H]1C(F)(F)CN2C(=O)OC(C)(C)C. The molecular weight excluding hydrogens is 346 g/mol. The van der Waals surface area contributed by atoms with E-state index in [4.69, 9.17) is 4.74 Å². The fraction of sp³-hybridized carbons (Fsp3) is 0.889. The van der Waals surface area contributed by atoms with Gasteiger partial charge in [0.25, 0.3) is 5.92 Å². The number of halogens is 2. The Morgan fingerprint density at radius 3 is 2.35 bits per heavy atom. The molecule has 3 atom stereocenters. The summed E-state index contributed by atoms with van der Waals surface area (Å²) >= 11 is 0. The fourth-order valence-corrected chi connectivity index (χ4v) is 4.05. The van der Waals surface area contributed by atoms with Crippen molar-refractivity contribution in [3.63, 3.8) is 0 Å². The van der Waals surface area contributed by atoms with Gasteiger partial charge in [0.15, 0.2) is 0 Å². The highest BCUT2D eigenvalue weighted by molar-refractivity contribution is 5.73. The average Bonchev–Trinajstić information content (AvgIpc) is 2.96. The smallest absolute Gasteiger partial charge is 0.410 e. The lowest BCUT2D eigenvalue weighted by Gasteiger charge is -2.35. The first-order chi connectivity index (χ1) is 11.7. The van der Waals surface area contributed by atoms with Gasteiger partial charge in [0.05, 0.1) is 24.0 Å². The van der Waals surface area contributed by atoms with E-state index in [0.29, 0.717) is 13.0 Å². The summed E-state index contributed by atoms with van der Waals surface area (Å²) < 4.78 is 34.8. The number of carbonyl (C=O) groups excluding carboxylic acids is 1. The van der Waals surface area contributed by atoms with E-state index in [2.05, 4.69) is 0 Å². The quantitative estimate of drug-likeness (QED) is 0.816. The molecule has 0 aromatic heterocycles. The number of hydrogen-bond donors (Lipinski definition) is 1. The number of rotatable bonds is 4. The minimum atomic E-state index is -3.06. The third kappa shape index (κ3) is 4.10. The lowest BCUT2D eigenvalue weighted by atomic mass is 9.85. The molecule has 0 aromatic carbocycles. The largest absolute Gasteiger partial charge is 0.481 e. The van der Waals surface area contributed by atoms with Crippen molar-refractivity contribution in [3.8, 4) is 0 Å². The van der Waals surface area contributed by atoms with E-state index in [0.717, 1.165) is 4.90 Å². The van der Waals surface area contributed by atoms with Crippen LogP contribution in [0.15, 0.2) is 0 Å². The van der Waals surface area contributed by atoms with Gasteiger partial charge in [-0.2, -0.15) is 0 Å². The van der Waals surface area contributed by atoms with Gasteiger partial charge in [-0.15, -0.1) is 0 Å². The fourth-order valence-electron chi connectivity index (χ4n) is 4.05.